The van der Waals surface area contributed by atoms with Crippen molar-refractivity contribution in [3.63, 3.8) is 0 Å². The van der Waals surface area contributed by atoms with E-state index >= 15 is 0 Å². The Morgan fingerprint density at radius 3 is 2.67 bits per heavy atom. The zero-order valence-electron chi connectivity index (χ0n) is 11.9. The highest BCUT2D eigenvalue weighted by molar-refractivity contribution is 5.84. The standard InChI is InChI=1S/C14H26N2O2/c1-11(2)14(6-7-15-10-14)13(17)16(8-9-18-3)12-4-5-12/h11-12,15H,4-10H2,1-3H3. The minimum atomic E-state index is -0.184. The zero-order chi connectivity index (χ0) is 13.2. The first-order valence-electron chi connectivity index (χ1n) is 7.12. The van der Waals surface area contributed by atoms with E-state index in [1.54, 1.807) is 7.11 Å². The van der Waals surface area contributed by atoms with Crippen molar-refractivity contribution in [3.05, 3.63) is 0 Å². The van der Waals surface area contributed by atoms with Gasteiger partial charge in [-0.15, -0.1) is 0 Å². The van der Waals surface area contributed by atoms with Crippen LogP contribution in [0.4, 0.5) is 0 Å². The Balaban J connectivity index is 2.10. The predicted molar refractivity (Wildman–Crippen MR) is 71.4 cm³/mol. The van der Waals surface area contributed by atoms with Crippen molar-refractivity contribution in [1.82, 2.24) is 10.2 Å². The van der Waals surface area contributed by atoms with Crippen molar-refractivity contribution >= 4 is 5.91 Å². The Bertz CT molecular complexity index is 294. The molecule has 0 aromatic heterocycles. The molecule has 1 amide bonds. The number of methoxy groups -OCH3 is 1. The number of carbonyl (C=O) groups excluding carboxylic acids is 1. The van der Waals surface area contributed by atoms with Gasteiger partial charge in [0.05, 0.1) is 12.0 Å². The topological polar surface area (TPSA) is 41.6 Å². The van der Waals surface area contributed by atoms with E-state index in [-0.39, 0.29) is 5.41 Å². The summed E-state index contributed by atoms with van der Waals surface area (Å²) in [5, 5.41) is 3.37. The number of nitrogens with zero attached hydrogens (tertiary/aromatic N) is 1. The molecule has 1 N–H and O–H groups in total. The Hall–Kier alpha value is -0.610. The molecule has 1 aliphatic heterocycles. The molecule has 1 atom stereocenters. The molecule has 4 nitrogen and oxygen atoms in total. The minimum Gasteiger partial charge on any atom is -0.383 e. The van der Waals surface area contributed by atoms with Gasteiger partial charge in [-0.25, -0.2) is 0 Å². The molecule has 1 unspecified atom stereocenters. The maximum absolute atomic E-state index is 12.9. The molecule has 0 spiro atoms. The third-order valence-electron chi connectivity index (χ3n) is 4.50. The van der Waals surface area contributed by atoms with E-state index in [1.807, 2.05) is 0 Å². The SMILES string of the molecule is COCCN(C(=O)C1(C(C)C)CCNC1)C1CC1. The summed E-state index contributed by atoms with van der Waals surface area (Å²) in [5.41, 5.74) is -0.184. The summed E-state index contributed by atoms with van der Waals surface area (Å²) in [7, 11) is 1.70. The maximum Gasteiger partial charge on any atom is 0.230 e. The molecule has 0 aromatic rings. The highest BCUT2D eigenvalue weighted by atomic mass is 16.5. The fourth-order valence-electron chi connectivity index (χ4n) is 2.95. The molecule has 2 rings (SSSR count). The smallest absolute Gasteiger partial charge is 0.230 e. The van der Waals surface area contributed by atoms with Crippen LogP contribution in [0.5, 0.6) is 0 Å². The van der Waals surface area contributed by atoms with Crippen LogP contribution in [-0.4, -0.2) is 50.2 Å². The third kappa shape index (κ3) is 2.54. The summed E-state index contributed by atoms with van der Waals surface area (Å²) in [4.78, 5) is 15.0. The summed E-state index contributed by atoms with van der Waals surface area (Å²) >= 11 is 0. The van der Waals surface area contributed by atoms with Crippen LogP contribution in [0.15, 0.2) is 0 Å². The van der Waals surface area contributed by atoms with Crippen LogP contribution < -0.4 is 5.32 Å². The lowest BCUT2D eigenvalue weighted by Gasteiger charge is -2.37. The van der Waals surface area contributed by atoms with E-state index in [9.17, 15) is 4.79 Å². The molecule has 1 heterocycles. The second-order valence-electron chi connectivity index (χ2n) is 5.96. The number of amides is 1. The summed E-state index contributed by atoms with van der Waals surface area (Å²) in [5.74, 6) is 0.742. The molecule has 1 saturated carbocycles. The van der Waals surface area contributed by atoms with Crippen LogP contribution in [0.1, 0.15) is 33.1 Å². The van der Waals surface area contributed by atoms with Gasteiger partial charge in [0, 0.05) is 26.2 Å². The lowest BCUT2D eigenvalue weighted by Crippen LogP contribution is -2.50. The Morgan fingerprint density at radius 1 is 1.50 bits per heavy atom. The fraction of sp³-hybridized carbons (Fsp3) is 0.929. The molecule has 0 bridgehead atoms. The van der Waals surface area contributed by atoms with Crippen molar-refractivity contribution in [1.29, 1.82) is 0 Å². The van der Waals surface area contributed by atoms with Crippen LogP contribution in [0.25, 0.3) is 0 Å². The Kier molecular flexibility index (Phi) is 4.28. The number of hydrogen-bond donors (Lipinski definition) is 1. The summed E-state index contributed by atoms with van der Waals surface area (Å²) in [6.45, 7) is 7.53. The largest absolute Gasteiger partial charge is 0.383 e. The van der Waals surface area contributed by atoms with Crippen molar-refractivity contribution < 1.29 is 9.53 Å². The molecule has 1 saturated heterocycles. The summed E-state index contributed by atoms with van der Waals surface area (Å²) < 4.78 is 5.15. The maximum atomic E-state index is 12.9. The second-order valence-corrected chi connectivity index (χ2v) is 5.96. The Labute approximate surface area is 110 Å². The minimum absolute atomic E-state index is 0.184. The van der Waals surface area contributed by atoms with E-state index in [2.05, 4.69) is 24.1 Å². The van der Waals surface area contributed by atoms with Crippen LogP contribution in [-0.2, 0) is 9.53 Å². The van der Waals surface area contributed by atoms with Crippen molar-refractivity contribution in [2.75, 3.05) is 33.4 Å². The fourth-order valence-corrected chi connectivity index (χ4v) is 2.95. The highest BCUT2D eigenvalue weighted by Gasteiger charge is 2.48. The van der Waals surface area contributed by atoms with Gasteiger partial charge in [-0.3, -0.25) is 4.79 Å². The zero-order valence-corrected chi connectivity index (χ0v) is 11.9. The van der Waals surface area contributed by atoms with Gasteiger partial charge in [0.25, 0.3) is 0 Å². The van der Waals surface area contributed by atoms with E-state index in [1.165, 1.54) is 0 Å². The van der Waals surface area contributed by atoms with E-state index in [0.717, 1.165) is 38.9 Å². The Morgan fingerprint density at radius 2 is 2.22 bits per heavy atom. The van der Waals surface area contributed by atoms with Crippen LogP contribution in [0.3, 0.4) is 0 Å². The molecule has 104 valence electrons. The van der Waals surface area contributed by atoms with E-state index < -0.39 is 0 Å². The quantitative estimate of drug-likeness (QED) is 0.776. The van der Waals surface area contributed by atoms with Gasteiger partial charge in [0.1, 0.15) is 0 Å². The normalized spacial score (nSPS) is 27.8. The van der Waals surface area contributed by atoms with Crippen LogP contribution >= 0.6 is 0 Å². The van der Waals surface area contributed by atoms with Gasteiger partial charge >= 0.3 is 0 Å². The molecule has 4 heteroatoms. The lowest BCUT2D eigenvalue weighted by molar-refractivity contribution is -0.145. The number of hydrogen-bond acceptors (Lipinski definition) is 3. The van der Waals surface area contributed by atoms with Crippen molar-refractivity contribution in [2.45, 2.75) is 39.2 Å². The van der Waals surface area contributed by atoms with E-state index in [0.29, 0.717) is 24.5 Å². The molecule has 0 aromatic carbocycles. The van der Waals surface area contributed by atoms with Gasteiger partial charge in [-0.2, -0.15) is 0 Å². The molecular formula is C14H26N2O2. The van der Waals surface area contributed by atoms with Crippen molar-refractivity contribution in [2.24, 2.45) is 11.3 Å². The first-order chi connectivity index (χ1) is 8.62. The van der Waals surface area contributed by atoms with Crippen LogP contribution in [0, 0.1) is 11.3 Å². The van der Waals surface area contributed by atoms with Gasteiger partial charge in [-0.1, -0.05) is 13.8 Å². The molecular weight excluding hydrogens is 228 g/mol. The van der Waals surface area contributed by atoms with Gasteiger partial charge in [-0.05, 0) is 31.7 Å². The predicted octanol–water partition coefficient (Wildman–Crippen LogP) is 1.26. The molecule has 18 heavy (non-hydrogen) atoms. The van der Waals surface area contributed by atoms with Crippen molar-refractivity contribution in [3.8, 4) is 0 Å². The first kappa shape index (κ1) is 13.8. The molecule has 2 aliphatic rings. The van der Waals surface area contributed by atoms with Gasteiger partial charge in [0.2, 0.25) is 5.91 Å². The van der Waals surface area contributed by atoms with Crippen LogP contribution in [0.2, 0.25) is 0 Å². The van der Waals surface area contributed by atoms with Gasteiger partial charge < -0.3 is 15.0 Å². The lowest BCUT2D eigenvalue weighted by atomic mass is 9.75. The molecule has 2 fully saturated rings. The third-order valence-corrected chi connectivity index (χ3v) is 4.50. The molecule has 1 aliphatic carbocycles. The van der Waals surface area contributed by atoms with E-state index in [4.69, 9.17) is 4.74 Å². The number of nitrogens with one attached hydrogen (secondary N) is 1. The average molecular weight is 254 g/mol. The number of rotatable bonds is 6. The number of carbonyl (C=O) groups is 1. The first-order valence-corrected chi connectivity index (χ1v) is 7.12. The summed E-state index contributed by atoms with van der Waals surface area (Å²) in [6.07, 6.45) is 3.30. The summed E-state index contributed by atoms with van der Waals surface area (Å²) in [6, 6.07) is 0.476. The highest BCUT2D eigenvalue weighted by Crippen LogP contribution is 2.39. The second kappa shape index (κ2) is 5.57. The molecule has 0 radical (unpaired) electrons. The number of ether oxygens (including phenoxy) is 1. The average Bonchev–Trinajstić information content (AvgIpc) is 3.05. The van der Waals surface area contributed by atoms with Gasteiger partial charge in [0.15, 0.2) is 0 Å². The monoisotopic (exact) mass is 254 g/mol.